The first-order valence-corrected chi connectivity index (χ1v) is 6.43. The zero-order valence-electron chi connectivity index (χ0n) is 10.5. The van der Waals surface area contributed by atoms with Gasteiger partial charge in [-0.1, -0.05) is 44.5 Å². The molecule has 0 amide bonds. The first-order chi connectivity index (χ1) is 8.11. The lowest BCUT2D eigenvalue weighted by atomic mass is 9.74. The molecule has 17 heavy (non-hydrogen) atoms. The van der Waals surface area contributed by atoms with E-state index in [4.69, 9.17) is 5.11 Å². The van der Waals surface area contributed by atoms with Crippen LogP contribution in [-0.4, -0.2) is 11.1 Å². The van der Waals surface area contributed by atoms with E-state index in [-0.39, 0.29) is 11.8 Å². The summed E-state index contributed by atoms with van der Waals surface area (Å²) in [5, 5.41) is 9.11. The van der Waals surface area contributed by atoms with Crippen molar-refractivity contribution in [1.29, 1.82) is 0 Å². The molecule has 0 aliphatic heterocycles. The highest BCUT2D eigenvalue weighted by atomic mass is 16.4. The van der Waals surface area contributed by atoms with Crippen LogP contribution in [0.4, 0.5) is 0 Å². The normalized spacial score (nSPS) is 19.4. The van der Waals surface area contributed by atoms with Crippen LogP contribution in [0.3, 0.4) is 0 Å². The monoisotopic (exact) mass is 232 g/mol. The Morgan fingerprint density at radius 3 is 2.47 bits per heavy atom. The molecular weight excluding hydrogens is 212 g/mol. The molecule has 0 bridgehead atoms. The van der Waals surface area contributed by atoms with Crippen molar-refractivity contribution in [1.82, 2.24) is 0 Å². The van der Waals surface area contributed by atoms with Gasteiger partial charge in [0.05, 0.1) is 5.92 Å². The van der Waals surface area contributed by atoms with E-state index in [9.17, 15) is 4.79 Å². The minimum atomic E-state index is -0.707. The van der Waals surface area contributed by atoms with E-state index < -0.39 is 5.97 Å². The first-order valence-electron chi connectivity index (χ1n) is 6.43. The van der Waals surface area contributed by atoms with E-state index >= 15 is 0 Å². The molecule has 0 radical (unpaired) electrons. The standard InChI is InChI=1S/C15H20O2/c1-10(11(2)15(16)17)13-8-3-4-9-14(13)12-6-5-7-12/h3-4,8-12H,5-7H2,1-2H3,(H,16,17). The summed E-state index contributed by atoms with van der Waals surface area (Å²) >= 11 is 0. The highest BCUT2D eigenvalue weighted by Crippen LogP contribution is 2.41. The molecular formula is C15H20O2. The number of rotatable bonds is 4. The fourth-order valence-corrected chi connectivity index (χ4v) is 2.50. The predicted octanol–water partition coefficient (Wildman–Crippen LogP) is 3.78. The molecule has 1 N–H and O–H groups in total. The summed E-state index contributed by atoms with van der Waals surface area (Å²) < 4.78 is 0. The topological polar surface area (TPSA) is 37.3 Å². The van der Waals surface area contributed by atoms with Crippen LogP contribution in [0, 0.1) is 5.92 Å². The summed E-state index contributed by atoms with van der Waals surface area (Å²) in [4.78, 5) is 11.1. The van der Waals surface area contributed by atoms with E-state index in [1.54, 1.807) is 6.92 Å². The van der Waals surface area contributed by atoms with E-state index in [0.29, 0.717) is 5.92 Å². The van der Waals surface area contributed by atoms with Crippen LogP contribution in [0.5, 0.6) is 0 Å². The summed E-state index contributed by atoms with van der Waals surface area (Å²) in [6.07, 6.45) is 3.82. The summed E-state index contributed by atoms with van der Waals surface area (Å²) in [5.74, 6) is -0.281. The Morgan fingerprint density at radius 2 is 1.94 bits per heavy atom. The third-order valence-electron chi connectivity index (χ3n) is 4.17. The number of carbonyl (C=O) groups is 1. The van der Waals surface area contributed by atoms with Gasteiger partial charge in [-0.3, -0.25) is 4.79 Å². The number of benzene rings is 1. The molecule has 1 aliphatic carbocycles. The summed E-state index contributed by atoms with van der Waals surface area (Å²) in [5.41, 5.74) is 2.60. The molecule has 0 saturated heterocycles. The van der Waals surface area contributed by atoms with Crippen LogP contribution in [0.2, 0.25) is 0 Å². The molecule has 0 aromatic heterocycles. The molecule has 2 nitrogen and oxygen atoms in total. The number of aliphatic carboxylic acids is 1. The Balaban J connectivity index is 2.27. The van der Waals surface area contributed by atoms with Crippen molar-refractivity contribution in [3.05, 3.63) is 35.4 Å². The highest BCUT2D eigenvalue weighted by molar-refractivity contribution is 5.71. The Kier molecular flexibility index (Phi) is 3.51. The maximum absolute atomic E-state index is 11.1. The maximum atomic E-state index is 11.1. The molecule has 1 aromatic rings. The maximum Gasteiger partial charge on any atom is 0.306 e. The van der Waals surface area contributed by atoms with Crippen LogP contribution >= 0.6 is 0 Å². The second-order valence-corrected chi connectivity index (χ2v) is 5.17. The number of carboxylic acids is 1. The third kappa shape index (κ3) is 2.36. The Hall–Kier alpha value is -1.31. The zero-order chi connectivity index (χ0) is 12.4. The molecule has 1 saturated carbocycles. The van der Waals surface area contributed by atoms with Crippen molar-refractivity contribution in [2.45, 2.75) is 44.9 Å². The number of hydrogen-bond donors (Lipinski definition) is 1. The van der Waals surface area contributed by atoms with Gasteiger partial charge in [-0.05, 0) is 35.8 Å². The number of carboxylic acid groups (broad SMARTS) is 1. The lowest BCUT2D eigenvalue weighted by Crippen LogP contribution is -2.20. The molecule has 92 valence electrons. The lowest BCUT2D eigenvalue weighted by molar-refractivity contribution is -0.141. The summed E-state index contributed by atoms with van der Waals surface area (Å²) in [6, 6.07) is 8.35. The molecule has 2 atom stereocenters. The average Bonchev–Trinajstić information content (AvgIpc) is 2.25. The predicted molar refractivity (Wildman–Crippen MR) is 68.2 cm³/mol. The van der Waals surface area contributed by atoms with E-state index in [1.165, 1.54) is 30.4 Å². The van der Waals surface area contributed by atoms with Crippen LogP contribution in [0.25, 0.3) is 0 Å². The van der Waals surface area contributed by atoms with Gasteiger partial charge in [-0.25, -0.2) is 0 Å². The molecule has 0 heterocycles. The fourth-order valence-electron chi connectivity index (χ4n) is 2.50. The van der Waals surface area contributed by atoms with Gasteiger partial charge in [0.15, 0.2) is 0 Å². The smallest absolute Gasteiger partial charge is 0.306 e. The van der Waals surface area contributed by atoms with E-state index in [1.807, 2.05) is 13.0 Å². The van der Waals surface area contributed by atoms with E-state index in [0.717, 1.165) is 0 Å². The quantitative estimate of drug-likeness (QED) is 0.857. The molecule has 2 heteroatoms. The van der Waals surface area contributed by atoms with Crippen LogP contribution < -0.4 is 0 Å². The number of hydrogen-bond acceptors (Lipinski definition) is 1. The minimum absolute atomic E-state index is 0.0873. The van der Waals surface area contributed by atoms with Crippen molar-refractivity contribution in [3.63, 3.8) is 0 Å². The van der Waals surface area contributed by atoms with Gasteiger partial charge in [0.1, 0.15) is 0 Å². The summed E-state index contributed by atoms with van der Waals surface area (Å²) in [7, 11) is 0. The van der Waals surface area contributed by atoms with Gasteiger partial charge in [-0.2, -0.15) is 0 Å². The largest absolute Gasteiger partial charge is 0.481 e. The van der Waals surface area contributed by atoms with Crippen molar-refractivity contribution >= 4 is 5.97 Å². The van der Waals surface area contributed by atoms with Gasteiger partial charge in [0.2, 0.25) is 0 Å². The van der Waals surface area contributed by atoms with Gasteiger partial charge in [-0.15, -0.1) is 0 Å². The Labute approximate surface area is 103 Å². The van der Waals surface area contributed by atoms with Crippen molar-refractivity contribution in [2.75, 3.05) is 0 Å². The SMILES string of the molecule is CC(C(=O)O)C(C)c1ccccc1C1CCC1. The second-order valence-electron chi connectivity index (χ2n) is 5.17. The minimum Gasteiger partial charge on any atom is -0.481 e. The summed E-state index contributed by atoms with van der Waals surface area (Å²) in [6.45, 7) is 3.82. The fraction of sp³-hybridized carbons (Fsp3) is 0.533. The molecule has 2 rings (SSSR count). The van der Waals surface area contributed by atoms with Crippen molar-refractivity contribution in [2.24, 2.45) is 5.92 Å². The van der Waals surface area contributed by atoms with Crippen molar-refractivity contribution in [3.8, 4) is 0 Å². The van der Waals surface area contributed by atoms with Crippen molar-refractivity contribution < 1.29 is 9.90 Å². The second kappa shape index (κ2) is 4.91. The molecule has 1 aliphatic rings. The first kappa shape index (κ1) is 12.2. The van der Waals surface area contributed by atoms with Gasteiger partial charge < -0.3 is 5.11 Å². The van der Waals surface area contributed by atoms with E-state index in [2.05, 4.69) is 18.2 Å². The third-order valence-corrected chi connectivity index (χ3v) is 4.17. The Morgan fingerprint density at radius 1 is 1.29 bits per heavy atom. The molecule has 2 unspecified atom stereocenters. The zero-order valence-corrected chi connectivity index (χ0v) is 10.5. The molecule has 1 aromatic carbocycles. The highest BCUT2D eigenvalue weighted by Gasteiger charge is 2.27. The van der Waals surface area contributed by atoms with Gasteiger partial charge in [0.25, 0.3) is 0 Å². The Bertz CT molecular complexity index is 407. The van der Waals surface area contributed by atoms with Crippen LogP contribution in [0.15, 0.2) is 24.3 Å². The average molecular weight is 232 g/mol. The van der Waals surface area contributed by atoms with Gasteiger partial charge >= 0.3 is 5.97 Å². The molecule has 0 spiro atoms. The lowest BCUT2D eigenvalue weighted by Gasteiger charge is -2.30. The van der Waals surface area contributed by atoms with Gasteiger partial charge in [0, 0.05) is 0 Å². The van der Waals surface area contributed by atoms with Crippen LogP contribution in [0.1, 0.15) is 56.1 Å². The van der Waals surface area contributed by atoms with Crippen LogP contribution in [-0.2, 0) is 4.79 Å². The molecule has 1 fully saturated rings.